The van der Waals surface area contributed by atoms with Crippen LogP contribution in [0.2, 0.25) is 0 Å². The molecule has 226 valence electrons. The topological polar surface area (TPSA) is 107 Å². The zero-order chi connectivity index (χ0) is 30.8. The Labute approximate surface area is 253 Å². The fraction of sp³-hybridized carbons (Fsp3) is 0.235. The number of fused-ring (bicyclic) bond motifs is 6. The van der Waals surface area contributed by atoms with E-state index in [9.17, 15) is 19.1 Å². The first-order chi connectivity index (χ1) is 21.4. The Bertz CT molecular complexity index is 1740. The van der Waals surface area contributed by atoms with Gasteiger partial charge in [-0.3, -0.25) is 9.59 Å². The molecule has 2 N–H and O–H groups in total. The highest BCUT2D eigenvalue weighted by molar-refractivity contribution is 5.98. The molecular weight excluding hydrogens is 567 g/mol. The number of para-hydroxylation sites is 1. The van der Waals surface area contributed by atoms with Crippen LogP contribution in [-0.2, 0) is 6.42 Å². The predicted molar refractivity (Wildman–Crippen MR) is 160 cm³/mol. The number of carbonyl (C=O) groups is 2. The monoisotopic (exact) mass is 598 g/mol. The number of benzene rings is 4. The lowest BCUT2D eigenvalue weighted by Gasteiger charge is -2.38. The fourth-order valence-electron chi connectivity index (χ4n) is 5.66. The fourth-order valence-corrected chi connectivity index (χ4v) is 5.66. The third-order valence-electron chi connectivity index (χ3n) is 7.84. The van der Waals surface area contributed by atoms with Crippen LogP contribution in [0.25, 0.3) is 0 Å². The van der Waals surface area contributed by atoms with Crippen molar-refractivity contribution in [2.45, 2.75) is 18.9 Å². The summed E-state index contributed by atoms with van der Waals surface area (Å²) in [6.07, 6.45) is 0.959. The number of methoxy groups -OCH3 is 2. The number of halogens is 1. The zero-order valence-electron chi connectivity index (χ0n) is 24.3. The highest BCUT2D eigenvalue weighted by Gasteiger charge is 2.35. The predicted octanol–water partition coefficient (Wildman–Crippen LogP) is 5.64. The van der Waals surface area contributed by atoms with Crippen LogP contribution in [0, 0.1) is 5.82 Å². The molecule has 9 nitrogen and oxygen atoms in total. The van der Waals surface area contributed by atoms with Gasteiger partial charge in [0.15, 0.2) is 23.0 Å². The van der Waals surface area contributed by atoms with Crippen LogP contribution in [0.3, 0.4) is 0 Å². The second-order valence-electron chi connectivity index (χ2n) is 10.5. The van der Waals surface area contributed by atoms with Crippen molar-refractivity contribution < 1.29 is 38.0 Å². The number of phenols is 1. The molecule has 0 fully saturated rings. The number of hydrogen-bond donors (Lipinski definition) is 2. The van der Waals surface area contributed by atoms with Gasteiger partial charge in [-0.15, -0.1) is 0 Å². The number of ether oxygens (including phenoxy) is 4. The van der Waals surface area contributed by atoms with Crippen molar-refractivity contribution in [1.82, 2.24) is 10.2 Å². The first kappa shape index (κ1) is 28.9. The van der Waals surface area contributed by atoms with Gasteiger partial charge < -0.3 is 34.3 Å². The van der Waals surface area contributed by atoms with E-state index in [0.29, 0.717) is 42.4 Å². The third-order valence-corrected chi connectivity index (χ3v) is 7.84. The summed E-state index contributed by atoms with van der Waals surface area (Å²) in [5.74, 6) is 0.237. The molecule has 3 aliphatic rings. The lowest BCUT2D eigenvalue weighted by Crippen LogP contribution is -2.40. The third kappa shape index (κ3) is 5.46. The molecule has 1 unspecified atom stereocenters. The van der Waals surface area contributed by atoms with Gasteiger partial charge in [-0.25, -0.2) is 4.39 Å². The molecule has 2 amide bonds. The van der Waals surface area contributed by atoms with E-state index in [1.807, 2.05) is 24.3 Å². The molecular formula is C34H31FN2O7. The summed E-state index contributed by atoms with van der Waals surface area (Å²) >= 11 is 0. The van der Waals surface area contributed by atoms with E-state index in [0.717, 1.165) is 16.7 Å². The van der Waals surface area contributed by atoms with E-state index in [1.54, 1.807) is 42.3 Å². The van der Waals surface area contributed by atoms with E-state index in [1.165, 1.54) is 25.3 Å². The first-order valence-electron chi connectivity index (χ1n) is 14.2. The van der Waals surface area contributed by atoms with Crippen LogP contribution in [0.15, 0.2) is 72.8 Å². The van der Waals surface area contributed by atoms with Gasteiger partial charge in [-0.05, 0) is 84.1 Å². The Morgan fingerprint density at radius 2 is 1.80 bits per heavy atom. The van der Waals surface area contributed by atoms with Crippen LogP contribution in [-0.4, -0.2) is 55.7 Å². The zero-order valence-corrected chi connectivity index (χ0v) is 24.3. The number of hydrogen-bond acceptors (Lipinski definition) is 7. The average Bonchev–Trinajstić information content (AvgIpc) is 3.04. The maximum atomic E-state index is 14.5. The number of phenolic OH excluding ortho intramolecular Hbond substituents is 1. The Hall–Kier alpha value is -5.25. The molecule has 0 saturated heterocycles. The molecule has 0 saturated carbocycles. The van der Waals surface area contributed by atoms with Crippen LogP contribution in [0.4, 0.5) is 4.39 Å². The molecule has 4 aromatic rings. The largest absolute Gasteiger partial charge is 0.504 e. The second kappa shape index (κ2) is 12.2. The Balaban J connectivity index is 1.47. The molecule has 3 aliphatic heterocycles. The average molecular weight is 599 g/mol. The van der Waals surface area contributed by atoms with Gasteiger partial charge in [-0.1, -0.05) is 18.2 Å². The van der Waals surface area contributed by atoms with Crippen molar-refractivity contribution in [1.29, 1.82) is 0 Å². The van der Waals surface area contributed by atoms with Gasteiger partial charge in [0.2, 0.25) is 0 Å². The number of nitrogens with one attached hydrogen (secondary N) is 1. The van der Waals surface area contributed by atoms with Gasteiger partial charge in [0.25, 0.3) is 11.8 Å². The summed E-state index contributed by atoms with van der Waals surface area (Å²) in [7, 11) is 2.98. The SMILES string of the molecule is COc1ccc2cc1OCCCNC(=O)c1cc(ccc1F)Oc1ccc3c(c1)CCN(C(=O)c1cccc(OC)c1O)C23. The maximum absolute atomic E-state index is 14.5. The summed E-state index contributed by atoms with van der Waals surface area (Å²) in [5.41, 5.74) is 2.61. The number of carbonyl (C=O) groups excluding carboxylic acids is 2. The first-order valence-corrected chi connectivity index (χ1v) is 14.2. The van der Waals surface area contributed by atoms with Gasteiger partial charge in [0.1, 0.15) is 17.3 Å². The molecule has 8 bridgehead atoms. The molecule has 1 atom stereocenters. The molecule has 44 heavy (non-hydrogen) atoms. The quantitative estimate of drug-likeness (QED) is 0.314. The number of amides is 2. The standard InChI is InChI=1S/C34H31FN2O7/c1-41-28-12-7-21-18-30(28)43-16-4-14-36-33(39)26-19-23(9-11-27(26)35)44-22-8-10-24-20(17-22)13-15-37(31(21)24)34(40)25-5-3-6-29(42-2)32(25)38/h3,5-12,17-19,31,38H,4,13-16H2,1-2H3,(H,36,39). The Morgan fingerprint density at radius 3 is 2.61 bits per heavy atom. The van der Waals surface area contributed by atoms with Crippen molar-refractivity contribution in [2.24, 2.45) is 0 Å². The van der Waals surface area contributed by atoms with E-state index in [2.05, 4.69) is 5.32 Å². The Morgan fingerprint density at radius 1 is 1.00 bits per heavy atom. The van der Waals surface area contributed by atoms with Gasteiger partial charge in [0.05, 0.1) is 38.0 Å². The second-order valence-corrected chi connectivity index (χ2v) is 10.5. The normalized spacial score (nSPS) is 16.1. The van der Waals surface area contributed by atoms with Crippen molar-refractivity contribution in [2.75, 3.05) is 33.9 Å². The van der Waals surface area contributed by atoms with Gasteiger partial charge in [-0.2, -0.15) is 0 Å². The van der Waals surface area contributed by atoms with E-state index in [-0.39, 0.29) is 41.7 Å². The van der Waals surface area contributed by atoms with Gasteiger partial charge >= 0.3 is 0 Å². The number of rotatable bonds is 3. The van der Waals surface area contributed by atoms with Crippen LogP contribution < -0.4 is 24.3 Å². The molecule has 0 spiro atoms. The molecule has 0 radical (unpaired) electrons. The van der Waals surface area contributed by atoms with E-state index >= 15 is 0 Å². The van der Waals surface area contributed by atoms with Crippen LogP contribution >= 0.6 is 0 Å². The van der Waals surface area contributed by atoms with Crippen molar-refractivity contribution in [3.05, 3.63) is 106 Å². The molecule has 4 aromatic carbocycles. The summed E-state index contributed by atoms with van der Waals surface area (Å²) in [4.78, 5) is 28.5. The van der Waals surface area contributed by atoms with Crippen molar-refractivity contribution >= 4 is 11.8 Å². The Kier molecular flexibility index (Phi) is 7.97. The summed E-state index contributed by atoms with van der Waals surface area (Å²) in [6.45, 7) is 0.848. The molecule has 0 aliphatic carbocycles. The van der Waals surface area contributed by atoms with Crippen LogP contribution in [0.1, 0.15) is 49.9 Å². The molecule has 7 rings (SSSR count). The minimum absolute atomic E-state index is 0.119. The highest BCUT2D eigenvalue weighted by Crippen LogP contribution is 2.42. The minimum atomic E-state index is -0.651. The van der Waals surface area contributed by atoms with Crippen LogP contribution in [0.5, 0.6) is 34.5 Å². The summed E-state index contributed by atoms with van der Waals surface area (Å²) < 4.78 is 37.5. The van der Waals surface area contributed by atoms with Crippen molar-refractivity contribution in [3.8, 4) is 34.5 Å². The maximum Gasteiger partial charge on any atom is 0.258 e. The molecule has 10 heteroatoms. The highest BCUT2D eigenvalue weighted by atomic mass is 19.1. The number of aromatic hydroxyl groups is 1. The lowest BCUT2D eigenvalue weighted by molar-refractivity contribution is 0.0690. The van der Waals surface area contributed by atoms with E-state index in [4.69, 9.17) is 18.9 Å². The molecule has 0 aromatic heterocycles. The van der Waals surface area contributed by atoms with E-state index < -0.39 is 17.8 Å². The minimum Gasteiger partial charge on any atom is -0.504 e. The summed E-state index contributed by atoms with van der Waals surface area (Å²) in [6, 6.07) is 19.4. The number of nitrogens with zero attached hydrogens (tertiary/aromatic N) is 1. The van der Waals surface area contributed by atoms with Gasteiger partial charge in [0, 0.05) is 13.1 Å². The summed E-state index contributed by atoms with van der Waals surface area (Å²) in [5, 5.41) is 13.6. The lowest BCUT2D eigenvalue weighted by atomic mass is 9.87. The smallest absolute Gasteiger partial charge is 0.258 e. The molecule has 3 heterocycles. The van der Waals surface area contributed by atoms with Crippen molar-refractivity contribution in [3.63, 3.8) is 0 Å².